The van der Waals surface area contributed by atoms with E-state index in [9.17, 15) is 14.3 Å². The van der Waals surface area contributed by atoms with Crippen molar-refractivity contribution in [1.82, 2.24) is 24.5 Å². The number of rotatable bonds is 5. The van der Waals surface area contributed by atoms with Crippen LogP contribution in [0.4, 0.5) is 4.39 Å². The van der Waals surface area contributed by atoms with Crippen LogP contribution >= 0.6 is 0 Å². The van der Waals surface area contributed by atoms with Crippen LogP contribution in [0.1, 0.15) is 38.3 Å². The molecule has 1 aliphatic heterocycles. The molecule has 36 heavy (non-hydrogen) atoms. The minimum atomic E-state index is -1.21. The summed E-state index contributed by atoms with van der Waals surface area (Å²) in [6, 6.07) is 10.7. The average Bonchev–Trinajstić information content (AvgIpc) is 3.61. The number of ether oxygens (including phenoxy) is 1. The van der Waals surface area contributed by atoms with Crippen LogP contribution in [0.3, 0.4) is 0 Å². The first kappa shape index (κ1) is 22.5. The lowest BCUT2D eigenvalue weighted by Crippen LogP contribution is -2.35. The highest BCUT2D eigenvalue weighted by Gasteiger charge is 2.33. The van der Waals surface area contributed by atoms with E-state index in [2.05, 4.69) is 32.0 Å². The number of fused-ring (bicyclic) bond motifs is 2. The Morgan fingerprint density at radius 1 is 1.17 bits per heavy atom. The summed E-state index contributed by atoms with van der Waals surface area (Å²) in [5.74, 6) is -1.06. The maximum Gasteiger partial charge on any atom is 0.331 e. The fourth-order valence-electron chi connectivity index (χ4n) is 5.13. The third-order valence-electron chi connectivity index (χ3n) is 7.22. The van der Waals surface area contributed by atoms with Crippen molar-refractivity contribution in [3.05, 3.63) is 66.5 Å². The first-order chi connectivity index (χ1) is 17.3. The number of nitrogens with zero attached hydrogens (tertiary/aromatic N) is 4. The Balaban J connectivity index is 1.69. The van der Waals surface area contributed by atoms with Crippen LogP contribution < -0.4 is 0 Å². The van der Waals surface area contributed by atoms with Gasteiger partial charge in [0.15, 0.2) is 5.54 Å². The predicted molar refractivity (Wildman–Crippen MR) is 134 cm³/mol. The summed E-state index contributed by atoms with van der Waals surface area (Å²) >= 11 is 0. The van der Waals surface area contributed by atoms with Crippen molar-refractivity contribution in [1.29, 1.82) is 0 Å². The van der Waals surface area contributed by atoms with Crippen LogP contribution in [0.5, 0.6) is 0 Å². The van der Waals surface area contributed by atoms with Crippen LogP contribution in [-0.2, 0) is 15.1 Å². The molecule has 0 atom stereocenters. The number of halogens is 1. The Bertz CT molecular complexity index is 1590. The van der Waals surface area contributed by atoms with E-state index in [-0.39, 0.29) is 11.7 Å². The molecule has 3 aromatic heterocycles. The Kier molecular flexibility index (Phi) is 5.19. The Morgan fingerprint density at radius 2 is 1.92 bits per heavy atom. The van der Waals surface area contributed by atoms with Gasteiger partial charge in [0.2, 0.25) is 0 Å². The lowest BCUT2D eigenvalue weighted by atomic mass is 9.90. The molecule has 0 radical (unpaired) electrons. The molecule has 184 valence electrons. The van der Waals surface area contributed by atoms with E-state index in [0.717, 1.165) is 57.2 Å². The number of aromatic nitrogens is 5. The molecule has 9 heteroatoms. The average molecular weight is 488 g/mol. The summed E-state index contributed by atoms with van der Waals surface area (Å²) in [6.07, 6.45) is 7.02. The minimum Gasteiger partial charge on any atom is -0.479 e. The molecule has 0 spiro atoms. The van der Waals surface area contributed by atoms with Crippen LogP contribution in [0, 0.1) is 5.82 Å². The standard InChI is InChI=1S/C27H26FN5O3/c1-27(2,26(34)35)32-15-18(14-30-32)24-21-12-22-17(13-29-31-22)11-23(21)33(20-5-3-19(28)4-6-20)25(24)16-7-9-36-10-8-16/h3-6,11-16H,7-10H2,1-2H3,(H,29,31)(H,34,35). The zero-order valence-electron chi connectivity index (χ0n) is 20.0. The summed E-state index contributed by atoms with van der Waals surface area (Å²) in [6.45, 7) is 4.57. The second-order valence-electron chi connectivity index (χ2n) is 9.82. The molecule has 0 aliphatic carbocycles. The zero-order chi connectivity index (χ0) is 25.0. The molecule has 5 aromatic rings. The van der Waals surface area contributed by atoms with Gasteiger partial charge in [-0.25, -0.2) is 9.18 Å². The van der Waals surface area contributed by atoms with Gasteiger partial charge in [0, 0.05) is 58.6 Å². The second-order valence-corrected chi connectivity index (χ2v) is 9.82. The number of benzene rings is 2. The Hall–Kier alpha value is -3.98. The number of aliphatic carboxylic acids is 1. The van der Waals surface area contributed by atoms with Crippen LogP contribution in [0.15, 0.2) is 55.0 Å². The number of carbonyl (C=O) groups is 1. The first-order valence-electron chi connectivity index (χ1n) is 12.0. The molecular weight excluding hydrogens is 461 g/mol. The van der Waals surface area contributed by atoms with E-state index in [1.165, 1.54) is 16.8 Å². The van der Waals surface area contributed by atoms with E-state index >= 15 is 0 Å². The maximum absolute atomic E-state index is 13.9. The number of H-pyrrole nitrogens is 1. The molecule has 0 amide bonds. The van der Waals surface area contributed by atoms with Gasteiger partial charge in [0.1, 0.15) is 5.82 Å². The van der Waals surface area contributed by atoms with Crippen molar-refractivity contribution in [3.8, 4) is 16.8 Å². The van der Waals surface area contributed by atoms with Gasteiger partial charge in [-0.2, -0.15) is 10.2 Å². The van der Waals surface area contributed by atoms with Gasteiger partial charge >= 0.3 is 5.97 Å². The van der Waals surface area contributed by atoms with Gasteiger partial charge in [0.25, 0.3) is 0 Å². The monoisotopic (exact) mass is 487 g/mol. The summed E-state index contributed by atoms with van der Waals surface area (Å²) in [5, 5.41) is 23.4. The number of carboxylic acids is 1. The number of carboxylic acid groups (broad SMARTS) is 1. The van der Waals surface area contributed by atoms with Gasteiger partial charge < -0.3 is 14.4 Å². The molecule has 4 heterocycles. The molecule has 8 nitrogen and oxygen atoms in total. The number of hydrogen-bond donors (Lipinski definition) is 2. The quantitative estimate of drug-likeness (QED) is 0.354. The smallest absolute Gasteiger partial charge is 0.331 e. The van der Waals surface area contributed by atoms with Crippen molar-refractivity contribution in [2.45, 2.75) is 38.1 Å². The largest absolute Gasteiger partial charge is 0.479 e. The van der Waals surface area contributed by atoms with E-state index in [1.54, 1.807) is 44.6 Å². The topological polar surface area (TPSA) is 98.0 Å². The first-order valence-corrected chi connectivity index (χ1v) is 12.0. The van der Waals surface area contributed by atoms with Crippen molar-refractivity contribution < 1.29 is 19.0 Å². The van der Waals surface area contributed by atoms with Crippen molar-refractivity contribution in [2.75, 3.05) is 13.2 Å². The van der Waals surface area contributed by atoms with Crippen LogP contribution in [0.25, 0.3) is 38.6 Å². The molecule has 2 aromatic carbocycles. The van der Waals surface area contributed by atoms with E-state index in [1.807, 2.05) is 0 Å². The summed E-state index contributed by atoms with van der Waals surface area (Å²) in [7, 11) is 0. The molecule has 2 N–H and O–H groups in total. The third-order valence-corrected chi connectivity index (χ3v) is 7.22. The maximum atomic E-state index is 13.9. The fraction of sp³-hybridized carbons (Fsp3) is 0.296. The minimum absolute atomic E-state index is 0.193. The van der Waals surface area contributed by atoms with Crippen molar-refractivity contribution in [2.24, 2.45) is 0 Å². The van der Waals surface area contributed by atoms with Gasteiger partial charge in [-0.15, -0.1) is 0 Å². The Labute approximate surface area is 206 Å². The summed E-state index contributed by atoms with van der Waals surface area (Å²) in [5.41, 5.74) is 4.43. The zero-order valence-corrected chi connectivity index (χ0v) is 20.0. The highest BCUT2D eigenvalue weighted by molar-refractivity contribution is 6.05. The summed E-state index contributed by atoms with van der Waals surface area (Å²) < 4.78 is 23.3. The molecule has 1 aliphatic rings. The van der Waals surface area contributed by atoms with E-state index < -0.39 is 11.5 Å². The van der Waals surface area contributed by atoms with Gasteiger partial charge in [-0.1, -0.05) is 0 Å². The lowest BCUT2D eigenvalue weighted by molar-refractivity contribution is -0.146. The summed E-state index contributed by atoms with van der Waals surface area (Å²) in [4.78, 5) is 11.9. The number of aromatic amines is 1. The fourth-order valence-corrected chi connectivity index (χ4v) is 5.13. The van der Waals surface area contributed by atoms with Gasteiger partial charge in [-0.05, 0) is 63.1 Å². The number of nitrogens with one attached hydrogen (secondary N) is 1. The SMILES string of the molecule is CC(C)(C(=O)O)n1cc(-c2c(C3CCOCC3)n(-c3ccc(F)cc3)c3cc4cn[nH]c4cc23)cn1. The third kappa shape index (κ3) is 3.50. The predicted octanol–water partition coefficient (Wildman–Crippen LogP) is 5.22. The highest BCUT2D eigenvalue weighted by atomic mass is 19.1. The molecule has 0 saturated carbocycles. The van der Waals surface area contributed by atoms with Crippen LogP contribution in [0.2, 0.25) is 0 Å². The Morgan fingerprint density at radius 3 is 2.64 bits per heavy atom. The molecule has 1 fully saturated rings. The van der Waals surface area contributed by atoms with E-state index in [4.69, 9.17) is 4.74 Å². The van der Waals surface area contributed by atoms with Crippen LogP contribution in [-0.4, -0.2) is 48.8 Å². The molecule has 0 unspecified atom stereocenters. The molecule has 1 saturated heterocycles. The van der Waals surface area contributed by atoms with Gasteiger partial charge in [0.05, 0.1) is 23.4 Å². The molecular formula is C27H26FN5O3. The normalized spacial score (nSPS) is 15.2. The van der Waals surface area contributed by atoms with Gasteiger partial charge in [-0.3, -0.25) is 9.78 Å². The molecule has 0 bridgehead atoms. The highest BCUT2D eigenvalue weighted by Crippen LogP contribution is 2.44. The molecule has 6 rings (SSSR count). The van der Waals surface area contributed by atoms with Crippen molar-refractivity contribution >= 4 is 27.8 Å². The van der Waals surface area contributed by atoms with E-state index in [0.29, 0.717) is 13.2 Å². The number of hydrogen-bond acceptors (Lipinski definition) is 4. The second kappa shape index (κ2) is 8.30. The van der Waals surface area contributed by atoms with Crippen molar-refractivity contribution in [3.63, 3.8) is 0 Å². The lowest BCUT2D eigenvalue weighted by Gasteiger charge is -2.25.